The van der Waals surface area contributed by atoms with Gasteiger partial charge in [-0.2, -0.15) is 4.31 Å². The molecule has 0 aliphatic carbocycles. The Morgan fingerprint density at radius 2 is 2.23 bits per heavy atom. The van der Waals surface area contributed by atoms with Crippen LogP contribution in [0.25, 0.3) is 0 Å². The molecule has 0 bridgehead atoms. The Hall–Kier alpha value is -2.40. The van der Waals surface area contributed by atoms with Gasteiger partial charge in [0.15, 0.2) is 0 Å². The lowest BCUT2D eigenvalue weighted by atomic mass is 10.0. The minimum Gasteiger partial charge on any atom is -0.448 e. The van der Waals surface area contributed by atoms with Gasteiger partial charge in [-0.05, 0) is 30.9 Å². The van der Waals surface area contributed by atoms with Gasteiger partial charge in [0, 0.05) is 25.7 Å². The number of nitrogens with zero attached hydrogens (tertiary/aromatic N) is 2. The quantitative estimate of drug-likeness (QED) is 0.410. The van der Waals surface area contributed by atoms with Gasteiger partial charge >= 0.3 is 6.09 Å². The van der Waals surface area contributed by atoms with Crippen molar-refractivity contribution in [2.24, 2.45) is 11.7 Å². The third-order valence-corrected chi connectivity index (χ3v) is 5.95. The van der Waals surface area contributed by atoms with Gasteiger partial charge in [-0.15, -0.1) is 0 Å². The molecule has 1 aromatic rings. The maximum absolute atomic E-state index is 12.8. The van der Waals surface area contributed by atoms with Crippen LogP contribution in [-0.4, -0.2) is 50.0 Å². The number of nitro benzene ring substituents is 1. The maximum atomic E-state index is 12.8. The fraction of sp³-hybridized carbons (Fsp3) is 0.533. The number of benzene rings is 1. The number of amides is 1. The van der Waals surface area contributed by atoms with Gasteiger partial charge in [-0.1, -0.05) is 6.92 Å². The first-order valence-corrected chi connectivity index (χ1v) is 9.60. The molecule has 0 aromatic heterocycles. The van der Waals surface area contributed by atoms with Gasteiger partial charge in [0.25, 0.3) is 5.69 Å². The summed E-state index contributed by atoms with van der Waals surface area (Å²) in [4.78, 5) is 21.1. The third-order valence-electron chi connectivity index (χ3n) is 4.09. The van der Waals surface area contributed by atoms with Crippen LogP contribution in [0.5, 0.6) is 0 Å². The van der Waals surface area contributed by atoms with Gasteiger partial charge in [-0.3, -0.25) is 10.1 Å². The Bertz CT molecular complexity index is 782. The average Bonchev–Trinajstić information content (AvgIpc) is 2.58. The lowest BCUT2D eigenvalue weighted by Gasteiger charge is -2.30. The molecular weight excluding hydrogens is 364 g/mol. The number of sulfonamides is 1. The highest BCUT2D eigenvalue weighted by molar-refractivity contribution is 7.89. The van der Waals surface area contributed by atoms with Crippen molar-refractivity contribution in [1.82, 2.24) is 4.31 Å². The van der Waals surface area contributed by atoms with Gasteiger partial charge in [0.05, 0.1) is 9.82 Å². The molecule has 1 aliphatic heterocycles. The summed E-state index contributed by atoms with van der Waals surface area (Å²) in [6.45, 7) is 2.81. The number of nitro groups is 1. The van der Waals surface area contributed by atoms with Crippen LogP contribution in [0.15, 0.2) is 23.1 Å². The summed E-state index contributed by atoms with van der Waals surface area (Å²) >= 11 is 0. The lowest BCUT2D eigenvalue weighted by molar-refractivity contribution is -0.384. The molecule has 1 atom stereocenters. The zero-order valence-corrected chi connectivity index (χ0v) is 15.2. The molecule has 1 aromatic carbocycles. The molecule has 1 unspecified atom stereocenters. The highest BCUT2D eigenvalue weighted by Crippen LogP contribution is 2.30. The number of carbonyl (C=O) groups excluding carboxylic acids is 1. The van der Waals surface area contributed by atoms with Crippen molar-refractivity contribution in [2.45, 2.75) is 24.7 Å². The van der Waals surface area contributed by atoms with Crippen molar-refractivity contribution >= 4 is 27.5 Å². The van der Waals surface area contributed by atoms with Crippen LogP contribution in [0.4, 0.5) is 16.2 Å². The van der Waals surface area contributed by atoms with Crippen LogP contribution >= 0.6 is 0 Å². The van der Waals surface area contributed by atoms with E-state index < -0.39 is 21.0 Å². The first-order chi connectivity index (χ1) is 12.2. The number of hydrogen-bond acceptors (Lipinski definition) is 7. The molecule has 0 saturated carbocycles. The van der Waals surface area contributed by atoms with Gasteiger partial charge in [-0.25, -0.2) is 13.2 Å². The van der Waals surface area contributed by atoms with Crippen molar-refractivity contribution in [1.29, 1.82) is 0 Å². The van der Waals surface area contributed by atoms with E-state index in [0.717, 1.165) is 18.9 Å². The standard InChI is InChI=1S/C15H22N4O6S/c1-11-3-2-7-18(10-11)26(23,24)12-4-5-13(14(9-12)19(21)22)17-6-8-25-15(16)20/h4-5,9,11,17H,2-3,6-8,10H2,1H3,(H2,16,20). The van der Waals surface area contributed by atoms with Gasteiger partial charge in [0.2, 0.25) is 10.0 Å². The predicted octanol–water partition coefficient (Wildman–Crippen LogP) is 1.52. The minimum absolute atomic E-state index is 0.0712. The fourth-order valence-electron chi connectivity index (χ4n) is 2.82. The van der Waals surface area contributed by atoms with Gasteiger partial charge in [0.1, 0.15) is 12.3 Å². The van der Waals surface area contributed by atoms with E-state index in [1.54, 1.807) is 0 Å². The van der Waals surface area contributed by atoms with Gasteiger partial charge < -0.3 is 15.8 Å². The maximum Gasteiger partial charge on any atom is 0.404 e. The number of carbonyl (C=O) groups is 1. The molecule has 1 heterocycles. The molecule has 1 saturated heterocycles. The molecule has 1 fully saturated rings. The Morgan fingerprint density at radius 1 is 1.50 bits per heavy atom. The zero-order chi connectivity index (χ0) is 19.3. The normalized spacial score (nSPS) is 18.3. The number of piperidine rings is 1. The first kappa shape index (κ1) is 19.9. The number of ether oxygens (including phenoxy) is 1. The van der Waals surface area contributed by atoms with Crippen molar-refractivity contribution < 1.29 is 22.9 Å². The number of rotatable bonds is 7. The number of nitrogens with one attached hydrogen (secondary N) is 1. The van der Waals surface area contributed by atoms with E-state index in [4.69, 9.17) is 5.73 Å². The molecule has 144 valence electrons. The van der Waals surface area contributed by atoms with E-state index in [1.165, 1.54) is 16.4 Å². The number of anilines is 1. The molecule has 0 radical (unpaired) electrons. The summed E-state index contributed by atoms with van der Waals surface area (Å²) in [6.07, 6.45) is 0.781. The van der Waals surface area contributed by atoms with E-state index in [9.17, 15) is 23.3 Å². The van der Waals surface area contributed by atoms with Crippen LogP contribution in [0.2, 0.25) is 0 Å². The zero-order valence-electron chi connectivity index (χ0n) is 14.4. The molecule has 10 nitrogen and oxygen atoms in total. The van der Waals surface area contributed by atoms with Crippen LogP contribution in [0.1, 0.15) is 19.8 Å². The van der Waals surface area contributed by atoms with Crippen molar-refractivity contribution in [2.75, 3.05) is 31.6 Å². The summed E-state index contributed by atoms with van der Waals surface area (Å²) in [5.41, 5.74) is 4.60. The summed E-state index contributed by atoms with van der Waals surface area (Å²) < 4.78 is 31.4. The highest BCUT2D eigenvalue weighted by Gasteiger charge is 2.30. The number of hydrogen-bond donors (Lipinski definition) is 2. The molecule has 2 rings (SSSR count). The molecule has 26 heavy (non-hydrogen) atoms. The summed E-state index contributed by atoms with van der Waals surface area (Å²) in [5, 5.41) is 14.1. The van der Waals surface area contributed by atoms with Crippen LogP contribution in [-0.2, 0) is 14.8 Å². The average molecular weight is 386 g/mol. The Kier molecular flexibility index (Phi) is 6.37. The summed E-state index contributed by atoms with van der Waals surface area (Å²) in [6, 6.07) is 3.72. The molecule has 1 amide bonds. The van der Waals surface area contributed by atoms with Crippen LogP contribution < -0.4 is 11.1 Å². The van der Waals surface area contributed by atoms with Crippen molar-refractivity contribution in [3.8, 4) is 0 Å². The van der Waals surface area contributed by atoms with E-state index in [0.29, 0.717) is 13.1 Å². The van der Waals surface area contributed by atoms with E-state index in [-0.39, 0.29) is 35.3 Å². The summed E-state index contributed by atoms with van der Waals surface area (Å²) in [7, 11) is -3.79. The second-order valence-corrected chi connectivity index (χ2v) is 8.08. The monoisotopic (exact) mass is 386 g/mol. The van der Waals surface area contributed by atoms with Crippen molar-refractivity contribution in [3.05, 3.63) is 28.3 Å². The lowest BCUT2D eigenvalue weighted by Crippen LogP contribution is -2.39. The minimum atomic E-state index is -3.79. The van der Waals surface area contributed by atoms with E-state index in [2.05, 4.69) is 10.1 Å². The van der Waals surface area contributed by atoms with Crippen LogP contribution in [0, 0.1) is 16.0 Å². The number of nitrogens with two attached hydrogens (primary N) is 1. The fourth-order valence-corrected chi connectivity index (χ4v) is 4.44. The van der Waals surface area contributed by atoms with E-state index in [1.807, 2.05) is 6.92 Å². The predicted molar refractivity (Wildman–Crippen MR) is 94.3 cm³/mol. The SMILES string of the molecule is CC1CCCN(S(=O)(=O)c2ccc(NCCOC(N)=O)c([N+](=O)[O-])c2)C1. The Balaban J connectivity index is 2.21. The van der Waals surface area contributed by atoms with Crippen molar-refractivity contribution in [3.63, 3.8) is 0 Å². The Morgan fingerprint density at radius 3 is 2.85 bits per heavy atom. The second-order valence-electron chi connectivity index (χ2n) is 6.14. The smallest absolute Gasteiger partial charge is 0.404 e. The molecule has 0 spiro atoms. The topological polar surface area (TPSA) is 145 Å². The Labute approximate surface area is 151 Å². The van der Waals surface area contributed by atoms with E-state index >= 15 is 0 Å². The summed E-state index contributed by atoms with van der Waals surface area (Å²) in [5.74, 6) is 0.250. The molecule has 11 heteroatoms. The molecule has 1 aliphatic rings. The molecule has 3 N–H and O–H groups in total. The highest BCUT2D eigenvalue weighted by atomic mass is 32.2. The first-order valence-electron chi connectivity index (χ1n) is 8.16. The van der Waals surface area contributed by atoms with Crippen LogP contribution in [0.3, 0.4) is 0 Å². The number of primary amides is 1. The molecular formula is C15H22N4O6S. The third kappa shape index (κ3) is 4.82. The second kappa shape index (κ2) is 8.32. The largest absolute Gasteiger partial charge is 0.448 e.